The van der Waals surface area contributed by atoms with Crippen LogP contribution in [0.3, 0.4) is 0 Å². The highest BCUT2D eigenvalue weighted by molar-refractivity contribution is 8.00. The molecule has 2 fully saturated rings. The van der Waals surface area contributed by atoms with Crippen molar-refractivity contribution in [2.24, 2.45) is 0 Å². The van der Waals surface area contributed by atoms with Crippen molar-refractivity contribution < 1.29 is 9.59 Å². The number of carbonyl (C=O) groups excluding carboxylic acids is 2. The number of amides is 2. The second-order valence-electron chi connectivity index (χ2n) is 8.38. The van der Waals surface area contributed by atoms with Gasteiger partial charge in [-0.25, -0.2) is 0 Å². The molecule has 164 valence electrons. The summed E-state index contributed by atoms with van der Waals surface area (Å²) in [5.41, 5.74) is 2.47. The fourth-order valence-corrected chi connectivity index (χ4v) is 5.26. The summed E-state index contributed by atoms with van der Waals surface area (Å²) in [6, 6.07) is 16.0. The van der Waals surface area contributed by atoms with Crippen LogP contribution in [0.25, 0.3) is 0 Å². The maximum atomic E-state index is 12.9. The van der Waals surface area contributed by atoms with Crippen LogP contribution in [-0.4, -0.2) is 41.6 Å². The Morgan fingerprint density at radius 2 is 1.55 bits per heavy atom. The third-order valence-corrected chi connectivity index (χ3v) is 7.12. The van der Waals surface area contributed by atoms with E-state index in [1.54, 1.807) is 0 Å². The van der Waals surface area contributed by atoms with Crippen LogP contribution in [0.4, 0.5) is 11.4 Å². The number of likely N-dealkylation sites (tertiary alicyclic amines) is 1. The Kier molecular flexibility index (Phi) is 7.52. The van der Waals surface area contributed by atoms with Crippen LogP contribution in [-0.2, 0) is 4.79 Å². The quantitative estimate of drug-likeness (QED) is 0.570. The van der Waals surface area contributed by atoms with E-state index in [0.717, 1.165) is 42.2 Å². The molecule has 2 aliphatic rings. The molecule has 2 aromatic rings. The van der Waals surface area contributed by atoms with Crippen LogP contribution in [0.2, 0.25) is 0 Å². The minimum absolute atomic E-state index is 0.148. The molecule has 4 rings (SSSR count). The Morgan fingerprint density at radius 1 is 0.871 bits per heavy atom. The number of hydrogen-bond donors (Lipinski definition) is 2. The molecule has 2 N–H and O–H groups in total. The lowest BCUT2D eigenvalue weighted by molar-refractivity contribution is -0.127. The van der Waals surface area contributed by atoms with E-state index in [9.17, 15) is 9.59 Å². The fraction of sp³-hybridized carbons (Fsp3) is 0.440. The van der Waals surface area contributed by atoms with Crippen LogP contribution in [0.15, 0.2) is 53.4 Å². The van der Waals surface area contributed by atoms with Gasteiger partial charge in [0.25, 0.3) is 5.91 Å². The van der Waals surface area contributed by atoms with E-state index in [0.29, 0.717) is 17.4 Å². The monoisotopic (exact) mass is 437 g/mol. The summed E-state index contributed by atoms with van der Waals surface area (Å²) in [7, 11) is 0. The second-order valence-corrected chi connectivity index (χ2v) is 9.40. The number of nitrogens with one attached hydrogen (secondary N) is 2. The molecule has 0 bridgehead atoms. The molecule has 1 aliphatic heterocycles. The smallest absolute Gasteiger partial charge is 0.256 e. The molecule has 0 radical (unpaired) electrons. The van der Waals surface area contributed by atoms with Gasteiger partial charge in [0.15, 0.2) is 0 Å². The van der Waals surface area contributed by atoms with Crippen molar-refractivity contribution in [3.63, 3.8) is 0 Å². The molecular weight excluding hydrogens is 406 g/mol. The summed E-state index contributed by atoms with van der Waals surface area (Å²) in [6.45, 7) is 1.71. The first-order valence-electron chi connectivity index (χ1n) is 11.4. The lowest BCUT2D eigenvalue weighted by atomic mass is 9.95. The molecule has 0 aromatic heterocycles. The number of hydrogen-bond acceptors (Lipinski definition) is 4. The third kappa shape index (κ3) is 6.03. The number of carbonyl (C=O) groups is 2. The molecule has 0 atom stereocenters. The molecule has 1 saturated heterocycles. The Hall–Kier alpha value is -2.47. The molecule has 0 spiro atoms. The molecule has 0 unspecified atom stereocenters. The molecule has 2 aromatic carbocycles. The summed E-state index contributed by atoms with van der Waals surface area (Å²) in [5.74, 6) is 0.370. The maximum Gasteiger partial charge on any atom is 0.256 e. The predicted molar refractivity (Wildman–Crippen MR) is 128 cm³/mol. The molecule has 1 heterocycles. The zero-order chi connectivity index (χ0) is 21.5. The van der Waals surface area contributed by atoms with Crippen LogP contribution in [0, 0.1) is 0 Å². The van der Waals surface area contributed by atoms with E-state index in [-0.39, 0.29) is 11.8 Å². The minimum atomic E-state index is -0.148. The van der Waals surface area contributed by atoms with E-state index in [4.69, 9.17) is 0 Å². The lowest BCUT2D eigenvalue weighted by Crippen LogP contribution is -2.29. The normalized spacial score (nSPS) is 16.8. The fourth-order valence-electron chi connectivity index (χ4n) is 4.31. The summed E-state index contributed by atoms with van der Waals surface area (Å²) >= 11 is 1.44. The molecular formula is C25H31N3O2S. The van der Waals surface area contributed by atoms with E-state index < -0.39 is 0 Å². The topological polar surface area (TPSA) is 61.4 Å². The van der Waals surface area contributed by atoms with Crippen molar-refractivity contribution in [3.05, 3.63) is 54.1 Å². The van der Waals surface area contributed by atoms with Crippen LogP contribution in [0.5, 0.6) is 0 Å². The summed E-state index contributed by atoms with van der Waals surface area (Å²) < 4.78 is 0. The van der Waals surface area contributed by atoms with Gasteiger partial charge < -0.3 is 15.5 Å². The van der Waals surface area contributed by atoms with Crippen molar-refractivity contribution in [3.8, 4) is 0 Å². The van der Waals surface area contributed by atoms with Gasteiger partial charge >= 0.3 is 0 Å². The van der Waals surface area contributed by atoms with Gasteiger partial charge in [0, 0.05) is 35.4 Å². The van der Waals surface area contributed by atoms with Gasteiger partial charge in [0.05, 0.1) is 11.3 Å². The first-order valence-corrected chi connectivity index (χ1v) is 12.4. The van der Waals surface area contributed by atoms with Crippen LogP contribution >= 0.6 is 11.8 Å². The predicted octanol–water partition coefficient (Wildman–Crippen LogP) is 5.40. The summed E-state index contributed by atoms with van der Waals surface area (Å²) in [6.07, 6.45) is 8.57. The highest BCUT2D eigenvalue weighted by Gasteiger charge is 2.19. The Morgan fingerprint density at radius 3 is 2.29 bits per heavy atom. The zero-order valence-corrected chi connectivity index (χ0v) is 18.8. The van der Waals surface area contributed by atoms with Gasteiger partial charge in [-0.05, 0) is 62.1 Å². The Labute approximate surface area is 189 Å². The van der Waals surface area contributed by atoms with Crippen LogP contribution < -0.4 is 10.6 Å². The van der Waals surface area contributed by atoms with E-state index >= 15 is 0 Å². The van der Waals surface area contributed by atoms with Crippen molar-refractivity contribution >= 4 is 35.0 Å². The van der Waals surface area contributed by atoms with Crippen molar-refractivity contribution in [1.29, 1.82) is 0 Å². The van der Waals surface area contributed by atoms with E-state index in [2.05, 4.69) is 10.6 Å². The van der Waals surface area contributed by atoms with Gasteiger partial charge in [-0.2, -0.15) is 0 Å². The van der Waals surface area contributed by atoms with Gasteiger partial charge in [0.2, 0.25) is 5.91 Å². The number of rotatable bonds is 7. The maximum absolute atomic E-state index is 12.9. The van der Waals surface area contributed by atoms with Gasteiger partial charge in [0.1, 0.15) is 0 Å². The average Bonchev–Trinajstić information content (AvgIpc) is 3.35. The van der Waals surface area contributed by atoms with Crippen molar-refractivity contribution in [2.75, 3.05) is 29.5 Å². The largest absolute Gasteiger partial charge is 0.382 e. The highest BCUT2D eigenvalue weighted by Crippen LogP contribution is 2.26. The molecule has 1 aliphatic carbocycles. The zero-order valence-electron chi connectivity index (χ0n) is 17.9. The van der Waals surface area contributed by atoms with Gasteiger partial charge in [-0.3, -0.25) is 9.59 Å². The Balaban J connectivity index is 1.34. The number of anilines is 2. The van der Waals surface area contributed by atoms with E-state index in [1.807, 2.05) is 53.4 Å². The number of benzene rings is 2. The molecule has 2 amide bonds. The Bertz CT molecular complexity index is 888. The molecule has 6 heteroatoms. The summed E-state index contributed by atoms with van der Waals surface area (Å²) in [4.78, 5) is 28.0. The molecule has 5 nitrogen and oxygen atoms in total. The number of thioether (sulfide) groups is 1. The summed E-state index contributed by atoms with van der Waals surface area (Å²) in [5, 5.41) is 6.60. The third-order valence-electron chi connectivity index (χ3n) is 6.06. The van der Waals surface area contributed by atoms with Crippen LogP contribution in [0.1, 0.15) is 55.3 Å². The highest BCUT2D eigenvalue weighted by atomic mass is 32.2. The number of nitrogens with zero attached hydrogens (tertiary/aromatic N) is 1. The molecule has 31 heavy (non-hydrogen) atoms. The first kappa shape index (κ1) is 21.8. The first-order chi connectivity index (χ1) is 15.2. The molecule has 1 saturated carbocycles. The standard InChI is InChI=1S/C25H31N3O2S/c29-24(28-16-6-7-17-28)18-31-23-11-5-4-10-22(23)25(30)27-21-14-12-20(13-15-21)26-19-8-2-1-3-9-19/h4-5,10-15,19,26H,1-3,6-9,16-18H2,(H,27,30). The van der Waals surface area contributed by atoms with Crippen molar-refractivity contribution in [1.82, 2.24) is 4.90 Å². The second kappa shape index (κ2) is 10.7. The van der Waals surface area contributed by atoms with E-state index in [1.165, 1.54) is 43.9 Å². The van der Waals surface area contributed by atoms with Crippen molar-refractivity contribution in [2.45, 2.75) is 55.9 Å². The minimum Gasteiger partial charge on any atom is -0.382 e. The van der Waals surface area contributed by atoms with Gasteiger partial charge in [-0.15, -0.1) is 11.8 Å². The lowest BCUT2D eigenvalue weighted by Gasteiger charge is -2.24. The van der Waals surface area contributed by atoms with Gasteiger partial charge in [-0.1, -0.05) is 31.4 Å². The SMILES string of the molecule is O=C(Nc1ccc(NC2CCCCC2)cc1)c1ccccc1SCC(=O)N1CCCC1. The average molecular weight is 438 g/mol.